The van der Waals surface area contributed by atoms with Crippen molar-refractivity contribution in [2.45, 2.75) is 17.9 Å². The first-order valence-electron chi connectivity index (χ1n) is 6.49. The lowest BCUT2D eigenvalue weighted by Crippen LogP contribution is -2.29. The molecule has 0 aliphatic rings. The largest absolute Gasteiger partial charge is 0.387 e. The Labute approximate surface area is 127 Å². The standard InChI is InChI=1S/C15H15F2NO3S/c1-10-2-7-15(13(17)8-10)22(20,21)18-9-14(19)11-3-5-12(16)6-4-11/h2-8,14,18-19H,9H2,1H3. The Hall–Kier alpha value is -1.83. The fourth-order valence-corrected chi connectivity index (χ4v) is 2.99. The summed E-state index contributed by atoms with van der Waals surface area (Å²) in [5.74, 6) is -1.32. The molecule has 0 spiro atoms. The second-order valence-electron chi connectivity index (χ2n) is 4.85. The number of benzene rings is 2. The van der Waals surface area contributed by atoms with Gasteiger partial charge in [-0.2, -0.15) is 0 Å². The number of rotatable bonds is 5. The molecule has 4 nitrogen and oxygen atoms in total. The third-order valence-corrected chi connectivity index (χ3v) is 4.56. The third kappa shape index (κ3) is 3.88. The van der Waals surface area contributed by atoms with Crippen molar-refractivity contribution in [1.82, 2.24) is 4.72 Å². The molecule has 2 aromatic carbocycles. The lowest BCUT2D eigenvalue weighted by molar-refractivity contribution is 0.182. The van der Waals surface area contributed by atoms with E-state index < -0.39 is 32.7 Å². The summed E-state index contributed by atoms with van der Waals surface area (Å²) in [6, 6.07) is 8.77. The monoisotopic (exact) mass is 327 g/mol. The molecule has 0 aliphatic carbocycles. The van der Waals surface area contributed by atoms with Crippen LogP contribution in [0.25, 0.3) is 0 Å². The first-order valence-corrected chi connectivity index (χ1v) is 7.97. The van der Waals surface area contributed by atoms with Crippen molar-refractivity contribution in [3.05, 3.63) is 65.2 Å². The van der Waals surface area contributed by atoms with Crippen LogP contribution in [0.4, 0.5) is 8.78 Å². The van der Waals surface area contributed by atoms with E-state index in [9.17, 15) is 22.3 Å². The van der Waals surface area contributed by atoms with Gasteiger partial charge < -0.3 is 5.11 Å². The normalized spacial score (nSPS) is 13.1. The first-order chi connectivity index (χ1) is 10.3. The van der Waals surface area contributed by atoms with E-state index in [-0.39, 0.29) is 6.54 Å². The van der Waals surface area contributed by atoms with E-state index in [4.69, 9.17) is 0 Å². The van der Waals surface area contributed by atoms with Crippen LogP contribution in [0.3, 0.4) is 0 Å². The Morgan fingerprint density at radius 2 is 1.77 bits per heavy atom. The first kappa shape index (κ1) is 16.5. The van der Waals surface area contributed by atoms with Crippen LogP contribution in [-0.2, 0) is 10.0 Å². The topological polar surface area (TPSA) is 66.4 Å². The summed E-state index contributed by atoms with van der Waals surface area (Å²) in [7, 11) is -4.08. The smallest absolute Gasteiger partial charge is 0.243 e. The Bertz CT molecular complexity index is 761. The van der Waals surface area contributed by atoms with Crippen molar-refractivity contribution < 1.29 is 22.3 Å². The van der Waals surface area contributed by atoms with Crippen LogP contribution in [0.1, 0.15) is 17.2 Å². The number of nitrogens with one attached hydrogen (secondary N) is 1. The van der Waals surface area contributed by atoms with Gasteiger partial charge in [-0.15, -0.1) is 0 Å². The van der Waals surface area contributed by atoms with Crippen LogP contribution in [0, 0.1) is 18.6 Å². The molecule has 1 atom stereocenters. The fraction of sp³-hybridized carbons (Fsp3) is 0.200. The predicted octanol–water partition coefficient (Wildman–Crippen LogP) is 2.29. The van der Waals surface area contributed by atoms with Crippen LogP contribution in [0.2, 0.25) is 0 Å². The third-order valence-electron chi connectivity index (χ3n) is 3.10. The van der Waals surface area contributed by atoms with Gasteiger partial charge in [-0.25, -0.2) is 21.9 Å². The number of sulfonamides is 1. The Morgan fingerprint density at radius 3 is 2.36 bits per heavy atom. The number of hydrogen-bond acceptors (Lipinski definition) is 3. The molecule has 0 aliphatic heterocycles. The second kappa shape index (κ2) is 6.51. The minimum atomic E-state index is -4.08. The molecule has 118 valence electrons. The number of halogens is 2. The average molecular weight is 327 g/mol. The lowest BCUT2D eigenvalue weighted by Gasteiger charge is -2.13. The van der Waals surface area contributed by atoms with Crippen LogP contribution in [0.15, 0.2) is 47.4 Å². The zero-order valence-electron chi connectivity index (χ0n) is 11.8. The molecule has 7 heteroatoms. The molecular weight excluding hydrogens is 312 g/mol. The van der Waals surface area contributed by atoms with Crippen LogP contribution < -0.4 is 4.72 Å². The molecule has 0 bridgehead atoms. The van der Waals surface area contributed by atoms with Crippen molar-refractivity contribution >= 4 is 10.0 Å². The second-order valence-corrected chi connectivity index (χ2v) is 6.59. The molecule has 0 amide bonds. The van der Waals surface area contributed by atoms with Gasteiger partial charge >= 0.3 is 0 Å². The highest BCUT2D eigenvalue weighted by atomic mass is 32.2. The van der Waals surface area contributed by atoms with Gasteiger partial charge in [0.1, 0.15) is 16.5 Å². The SMILES string of the molecule is Cc1ccc(S(=O)(=O)NCC(O)c2ccc(F)cc2)c(F)c1. The Morgan fingerprint density at radius 1 is 1.14 bits per heavy atom. The molecule has 2 aromatic rings. The van der Waals surface area contributed by atoms with E-state index in [1.54, 1.807) is 6.92 Å². The van der Waals surface area contributed by atoms with Crippen LogP contribution in [0.5, 0.6) is 0 Å². The summed E-state index contributed by atoms with van der Waals surface area (Å²) in [6.07, 6.45) is -1.16. The summed E-state index contributed by atoms with van der Waals surface area (Å²) in [5, 5.41) is 9.89. The average Bonchev–Trinajstić information content (AvgIpc) is 2.45. The minimum Gasteiger partial charge on any atom is -0.387 e. The van der Waals surface area contributed by atoms with E-state index in [0.717, 1.165) is 24.3 Å². The quantitative estimate of drug-likeness (QED) is 0.885. The van der Waals surface area contributed by atoms with E-state index in [1.807, 2.05) is 0 Å². The highest BCUT2D eigenvalue weighted by molar-refractivity contribution is 7.89. The Balaban J connectivity index is 2.10. The summed E-state index contributed by atoms with van der Waals surface area (Å²) >= 11 is 0. The fourth-order valence-electron chi connectivity index (χ4n) is 1.89. The van der Waals surface area contributed by atoms with Crippen molar-refractivity contribution in [3.8, 4) is 0 Å². The number of aliphatic hydroxyl groups is 1. The lowest BCUT2D eigenvalue weighted by atomic mass is 10.1. The molecule has 0 saturated heterocycles. The highest BCUT2D eigenvalue weighted by Gasteiger charge is 2.20. The van der Waals surface area contributed by atoms with Crippen LogP contribution in [-0.4, -0.2) is 20.1 Å². The highest BCUT2D eigenvalue weighted by Crippen LogP contribution is 2.17. The molecular formula is C15H15F2NO3S. The molecule has 0 fully saturated rings. The number of aryl methyl sites for hydroxylation is 1. The molecule has 0 heterocycles. The van der Waals surface area contributed by atoms with Gasteiger partial charge in [0, 0.05) is 6.54 Å². The van der Waals surface area contributed by atoms with Gasteiger partial charge in [0.2, 0.25) is 10.0 Å². The number of aliphatic hydroxyl groups excluding tert-OH is 1. The molecule has 2 N–H and O–H groups in total. The maximum absolute atomic E-state index is 13.7. The molecule has 0 saturated carbocycles. The van der Waals surface area contributed by atoms with Crippen LogP contribution >= 0.6 is 0 Å². The van der Waals surface area contributed by atoms with Crippen molar-refractivity contribution in [2.24, 2.45) is 0 Å². The summed E-state index contributed by atoms with van der Waals surface area (Å²) < 4.78 is 52.7. The Kier molecular flexibility index (Phi) is 4.90. The molecule has 2 rings (SSSR count). The summed E-state index contributed by atoms with van der Waals surface area (Å²) in [6.45, 7) is 1.30. The van der Waals surface area contributed by atoms with E-state index >= 15 is 0 Å². The molecule has 0 radical (unpaired) electrons. The summed E-state index contributed by atoms with van der Waals surface area (Å²) in [4.78, 5) is -0.482. The maximum atomic E-state index is 13.7. The van der Waals surface area contributed by atoms with E-state index in [2.05, 4.69) is 4.72 Å². The van der Waals surface area contributed by atoms with E-state index in [0.29, 0.717) is 11.1 Å². The van der Waals surface area contributed by atoms with Crippen molar-refractivity contribution in [2.75, 3.05) is 6.54 Å². The molecule has 1 unspecified atom stereocenters. The maximum Gasteiger partial charge on any atom is 0.243 e. The molecule has 22 heavy (non-hydrogen) atoms. The predicted molar refractivity (Wildman–Crippen MR) is 77.7 cm³/mol. The van der Waals surface area contributed by atoms with Crippen molar-refractivity contribution in [3.63, 3.8) is 0 Å². The zero-order valence-corrected chi connectivity index (χ0v) is 12.6. The van der Waals surface area contributed by atoms with E-state index in [1.165, 1.54) is 18.2 Å². The van der Waals surface area contributed by atoms with Gasteiger partial charge in [0.15, 0.2) is 0 Å². The van der Waals surface area contributed by atoms with Gasteiger partial charge in [-0.05, 0) is 42.3 Å². The number of hydrogen-bond donors (Lipinski definition) is 2. The van der Waals surface area contributed by atoms with Gasteiger partial charge in [0.05, 0.1) is 6.10 Å². The van der Waals surface area contributed by atoms with Gasteiger partial charge in [0.25, 0.3) is 0 Å². The summed E-state index contributed by atoms with van der Waals surface area (Å²) in [5.41, 5.74) is 0.955. The van der Waals surface area contributed by atoms with Gasteiger partial charge in [-0.1, -0.05) is 18.2 Å². The molecule has 0 aromatic heterocycles. The van der Waals surface area contributed by atoms with Gasteiger partial charge in [-0.3, -0.25) is 0 Å². The van der Waals surface area contributed by atoms with Crippen molar-refractivity contribution in [1.29, 1.82) is 0 Å². The minimum absolute atomic E-state index is 0.346. The zero-order chi connectivity index (χ0) is 16.3.